The van der Waals surface area contributed by atoms with Crippen LogP contribution >= 0.6 is 22.7 Å². The summed E-state index contributed by atoms with van der Waals surface area (Å²) in [5, 5.41) is 7.15. The monoisotopic (exact) mass is 342 g/mol. The molecule has 5 aromatic rings. The Balaban J connectivity index is 2.02. The van der Waals surface area contributed by atoms with Crippen LogP contribution in [0.15, 0.2) is 83.6 Å². The Kier molecular flexibility index (Phi) is 3.25. The van der Waals surface area contributed by atoms with Crippen molar-refractivity contribution in [1.82, 2.24) is 0 Å². The number of benzene rings is 3. The molecule has 0 aliphatic heterocycles. The summed E-state index contributed by atoms with van der Waals surface area (Å²) in [6, 6.07) is 26.1. The molecule has 0 atom stereocenters. The van der Waals surface area contributed by atoms with E-state index in [9.17, 15) is 0 Å². The molecule has 24 heavy (non-hydrogen) atoms. The Morgan fingerprint density at radius 2 is 0.875 bits per heavy atom. The molecular weight excluding hydrogens is 328 g/mol. The van der Waals surface area contributed by atoms with Crippen molar-refractivity contribution >= 4 is 42.8 Å². The lowest BCUT2D eigenvalue weighted by atomic mass is 9.90. The highest BCUT2D eigenvalue weighted by Gasteiger charge is 2.18. The second-order valence-electron chi connectivity index (χ2n) is 5.81. The highest BCUT2D eigenvalue weighted by molar-refractivity contribution is 7.25. The maximum absolute atomic E-state index is 2.27. The van der Waals surface area contributed by atoms with Gasteiger partial charge in [-0.25, -0.2) is 0 Å². The van der Waals surface area contributed by atoms with E-state index in [1.54, 1.807) is 0 Å². The molecule has 0 spiro atoms. The van der Waals surface area contributed by atoms with E-state index in [2.05, 4.69) is 83.6 Å². The van der Waals surface area contributed by atoms with Gasteiger partial charge >= 0.3 is 0 Å². The van der Waals surface area contributed by atoms with Gasteiger partial charge in [0.25, 0.3) is 0 Å². The zero-order chi connectivity index (χ0) is 15.9. The molecule has 0 fully saturated rings. The Morgan fingerprint density at radius 3 is 1.29 bits per heavy atom. The van der Waals surface area contributed by atoms with Crippen LogP contribution in [-0.2, 0) is 0 Å². The second kappa shape index (κ2) is 5.59. The molecule has 0 saturated carbocycles. The van der Waals surface area contributed by atoms with Gasteiger partial charge in [0.2, 0.25) is 0 Å². The Hall–Kier alpha value is -2.42. The van der Waals surface area contributed by atoms with Crippen LogP contribution in [0, 0.1) is 0 Å². The van der Waals surface area contributed by atoms with Gasteiger partial charge in [-0.1, -0.05) is 60.7 Å². The average molecular weight is 342 g/mol. The van der Waals surface area contributed by atoms with Crippen molar-refractivity contribution in [3.8, 4) is 22.3 Å². The molecule has 2 heteroatoms. The zero-order valence-corrected chi connectivity index (χ0v) is 14.5. The molecule has 114 valence electrons. The van der Waals surface area contributed by atoms with Gasteiger partial charge in [0, 0.05) is 10.8 Å². The number of fused-ring (bicyclic) bond motifs is 3. The minimum absolute atomic E-state index is 1.29. The molecule has 0 aliphatic rings. The fourth-order valence-corrected chi connectivity index (χ4v) is 5.44. The van der Waals surface area contributed by atoms with E-state index in [0.717, 1.165) is 0 Å². The average Bonchev–Trinajstić information content (AvgIpc) is 3.30. The molecule has 0 amide bonds. The summed E-state index contributed by atoms with van der Waals surface area (Å²) in [5.74, 6) is 0. The fraction of sp³-hybridized carbons (Fsp3) is 0. The Bertz CT molecular complexity index is 1040. The minimum atomic E-state index is 1.29. The number of hydrogen-bond donors (Lipinski definition) is 0. The first-order chi connectivity index (χ1) is 11.9. The summed E-state index contributed by atoms with van der Waals surface area (Å²) < 4.78 is 2.80. The van der Waals surface area contributed by atoms with Crippen molar-refractivity contribution in [2.45, 2.75) is 0 Å². The topological polar surface area (TPSA) is 0 Å². The molecule has 0 aliphatic carbocycles. The number of thiophene rings is 2. The lowest BCUT2D eigenvalue weighted by Crippen LogP contribution is -1.87. The van der Waals surface area contributed by atoms with Gasteiger partial charge in [0.15, 0.2) is 0 Å². The fourth-order valence-electron chi connectivity index (χ4n) is 3.44. The molecule has 3 aromatic carbocycles. The summed E-state index contributed by atoms with van der Waals surface area (Å²) in [6.45, 7) is 0. The predicted octanol–water partition coefficient (Wildman–Crippen LogP) is 7.45. The van der Waals surface area contributed by atoms with E-state index >= 15 is 0 Å². The van der Waals surface area contributed by atoms with Gasteiger partial charge in [0.1, 0.15) is 0 Å². The number of hydrogen-bond acceptors (Lipinski definition) is 2. The van der Waals surface area contributed by atoms with Crippen molar-refractivity contribution in [1.29, 1.82) is 0 Å². The Labute approximate surface area is 148 Å². The standard InChI is InChI=1S/C22H14S2/c1-3-7-15(8-4-1)19-17-11-13-23-21(17)22-18(12-14-24-22)20(19)16-9-5-2-6-10-16/h1-14H. The van der Waals surface area contributed by atoms with E-state index in [-0.39, 0.29) is 0 Å². The van der Waals surface area contributed by atoms with Crippen LogP contribution in [-0.4, -0.2) is 0 Å². The van der Waals surface area contributed by atoms with E-state index in [1.165, 1.54) is 42.4 Å². The molecule has 2 heterocycles. The van der Waals surface area contributed by atoms with E-state index < -0.39 is 0 Å². The SMILES string of the molecule is c1ccc(-c2c(-c3ccccc3)c3ccsc3c3sccc23)cc1. The van der Waals surface area contributed by atoms with Crippen LogP contribution in [0.1, 0.15) is 0 Å². The molecule has 0 unspecified atom stereocenters. The normalized spacial score (nSPS) is 11.3. The minimum Gasteiger partial charge on any atom is -0.142 e. The summed E-state index contributed by atoms with van der Waals surface area (Å²) in [6.07, 6.45) is 0. The van der Waals surface area contributed by atoms with Crippen LogP contribution in [0.2, 0.25) is 0 Å². The van der Waals surface area contributed by atoms with Crippen molar-refractivity contribution in [3.63, 3.8) is 0 Å². The first kappa shape index (κ1) is 14.0. The third kappa shape index (κ3) is 2.04. The van der Waals surface area contributed by atoms with Crippen LogP contribution < -0.4 is 0 Å². The largest absolute Gasteiger partial charge is 0.142 e. The van der Waals surface area contributed by atoms with Gasteiger partial charge in [-0.3, -0.25) is 0 Å². The van der Waals surface area contributed by atoms with E-state index in [0.29, 0.717) is 0 Å². The quantitative estimate of drug-likeness (QED) is 0.312. The van der Waals surface area contributed by atoms with Gasteiger partial charge in [-0.15, -0.1) is 22.7 Å². The van der Waals surface area contributed by atoms with Crippen molar-refractivity contribution in [2.75, 3.05) is 0 Å². The lowest BCUT2D eigenvalue weighted by Gasteiger charge is -2.14. The highest BCUT2D eigenvalue weighted by Crippen LogP contribution is 2.47. The Morgan fingerprint density at radius 1 is 0.458 bits per heavy atom. The summed E-state index contributed by atoms with van der Waals surface area (Å²) in [7, 11) is 0. The first-order valence-electron chi connectivity index (χ1n) is 7.95. The maximum atomic E-state index is 2.27. The van der Waals surface area contributed by atoms with E-state index in [4.69, 9.17) is 0 Å². The number of rotatable bonds is 2. The van der Waals surface area contributed by atoms with Crippen molar-refractivity contribution in [3.05, 3.63) is 83.6 Å². The van der Waals surface area contributed by atoms with Crippen LogP contribution in [0.5, 0.6) is 0 Å². The summed E-state index contributed by atoms with van der Waals surface area (Å²) >= 11 is 3.69. The van der Waals surface area contributed by atoms with Crippen LogP contribution in [0.3, 0.4) is 0 Å². The maximum Gasteiger partial charge on any atom is 0.0527 e. The molecule has 0 radical (unpaired) electrons. The molecule has 0 nitrogen and oxygen atoms in total. The molecule has 2 aromatic heterocycles. The van der Waals surface area contributed by atoms with Crippen molar-refractivity contribution in [2.24, 2.45) is 0 Å². The van der Waals surface area contributed by atoms with Gasteiger partial charge in [-0.05, 0) is 45.1 Å². The second-order valence-corrected chi connectivity index (χ2v) is 7.64. The van der Waals surface area contributed by atoms with Gasteiger partial charge < -0.3 is 0 Å². The van der Waals surface area contributed by atoms with Gasteiger partial charge in [-0.2, -0.15) is 0 Å². The van der Waals surface area contributed by atoms with E-state index in [1.807, 2.05) is 22.7 Å². The molecular formula is C22H14S2. The summed E-state index contributed by atoms with van der Waals surface area (Å²) in [5.41, 5.74) is 5.27. The van der Waals surface area contributed by atoms with Gasteiger partial charge in [0.05, 0.1) is 9.40 Å². The molecule has 0 saturated heterocycles. The third-order valence-corrected chi connectivity index (χ3v) is 6.44. The molecule has 0 bridgehead atoms. The highest BCUT2D eigenvalue weighted by atomic mass is 32.1. The summed E-state index contributed by atoms with van der Waals surface area (Å²) in [4.78, 5) is 0. The van der Waals surface area contributed by atoms with Crippen LogP contribution in [0.4, 0.5) is 0 Å². The molecule has 5 rings (SSSR count). The third-order valence-electron chi connectivity index (χ3n) is 4.45. The lowest BCUT2D eigenvalue weighted by molar-refractivity contribution is 1.64. The van der Waals surface area contributed by atoms with Crippen LogP contribution in [0.25, 0.3) is 42.4 Å². The molecule has 0 N–H and O–H groups in total. The predicted molar refractivity (Wildman–Crippen MR) is 108 cm³/mol. The smallest absolute Gasteiger partial charge is 0.0527 e. The van der Waals surface area contributed by atoms with Crippen molar-refractivity contribution < 1.29 is 0 Å². The first-order valence-corrected chi connectivity index (χ1v) is 9.70. The zero-order valence-electron chi connectivity index (χ0n) is 12.9.